The number of nitrogens with one attached hydrogen (secondary N) is 2. The minimum atomic E-state index is 0.0614. The summed E-state index contributed by atoms with van der Waals surface area (Å²) in [6.07, 6.45) is 2.16. The van der Waals surface area contributed by atoms with E-state index in [1.54, 1.807) is 0 Å². The van der Waals surface area contributed by atoms with E-state index in [-0.39, 0.29) is 12.0 Å². The summed E-state index contributed by atoms with van der Waals surface area (Å²) >= 11 is 0. The molecule has 0 bridgehead atoms. The van der Waals surface area contributed by atoms with E-state index < -0.39 is 0 Å². The molecule has 0 amide bonds. The van der Waals surface area contributed by atoms with E-state index in [4.69, 9.17) is 0 Å². The van der Waals surface area contributed by atoms with Crippen LogP contribution in [0, 0.1) is 5.41 Å². The van der Waals surface area contributed by atoms with Gasteiger partial charge in [-0.25, -0.2) is 4.98 Å². The highest BCUT2D eigenvalue weighted by atomic mass is 16.3. The quantitative estimate of drug-likeness (QED) is 0.763. The fraction of sp³-hybridized carbons (Fsp3) is 0.429. The van der Waals surface area contributed by atoms with Crippen LogP contribution in [0.1, 0.15) is 12.8 Å². The lowest BCUT2D eigenvalue weighted by Gasteiger charge is -2.15. The highest BCUT2D eigenvalue weighted by molar-refractivity contribution is 5.90. The summed E-state index contributed by atoms with van der Waals surface area (Å²) in [5.74, 6) is 1.43. The second-order valence-electron chi connectivity index (χ2n) is 5.17. The summed E-state index contributed by atoms with van der Waals surface area (Å²) in [4.78, 5) is 8.89. The first-order valence-corrected chi connectivity index (χ1v) is 6.56. The molecule has 100 valence electrons. The van der Waals surface area contributed by atoms with Gasteiger partial charge in [-0.05, 0) is 25.0 Å². The fourth-order valence-corrected chi connectivity index (χ4v) is 2.16. The van der Waals surface area contributed by atoms with Gasteiger partial charge in [0, 0.05) is 24.4 Å². The Morgan fingerprint density at radius 2 is 2.05 bits per heavy atom. The minimum Gasteiger partial charge on any atom is -0.396 e. The number of benzene rings is 1. The molecule has 5 nitrogen and oxygen atoms in total. The van der Waals surface area contributed by atoms with Crippen molar-refractivity contribution in [3.8, 4) is 0 Å². The van der Waals surface area contributed by atoms with Crippen molar-refractivity contribution in [2.45, 2.75) is 12.8 Å². The summed E-state index contributed by atoms with van der Waals surface area (Å²) in [6.45, 7) is 0.996. The van der Waals surface area contributed by atoms with Crippen LogP contribution in [0.5, 0.6) is 0 Å². The van der Waals surface area contributed by atoms with E-state index in [9.17, 15) is 5.11 Å². The van der Waals surface area contributed by atoms with Crippen LogP contribution < -0.4 is 10.6 Å². The maximum absolute atomic E-state index is 9.36. The van der Waals surface area contributed by atoms with Gasteiger partial charge >= 0.3 is 0 Å². The number of aromatic nitrogens is 2. The van der Waals surface area contributed by atoms with Crippen molar-refractivity contribution in [1.82, 2.24) is 9.97 Å². The highest BCUT2D eigenvalue weighted by Gasteiger charge is 2.41. The molecule has 0 spiro atoms. The number of para-hydroxylation sites is 1. The van der Waals surface area contributed by atoms with E-state index in [1.165, 1.54) is 0 Å². The maximum Gasteiger partial charge on any atom is 0.224 e. The molecule has 3 rings (SSSR count). The van der Waals surface area contributed by atoms with Gasteiger partial charge in [0.15, 0.2) is 0 Å². The second-order valence-corrected chi connectivity index (χ2v) is 5.17. The van der Waals surface area contributed by atoms with Gasteiger partial charge in [0.25, 0.3) is 0 Å². The van der Waals surface area contributed by atoms with Crippen molar-refractivity contribution < 1.29 is 5.11 Å². The third kappa shape index (κ3) is 2.33. The number of hydrogen-bond acceptors (Lipinski definition) is 5. The van der Waals surface area contributed by atoms with E-state index in [0.717, 1.165) is 36.1 Å². The van der Waals surface area contributed by atoms with Crippen LogP contribution in [0.25, 0.3) is 10.9 Å². The third-order valence-corrected chi connectivity index (χ3v) is 3.75. The summed E-state index contributed by atoms with van der Waals surface area (Å²) < 4.78 is 0. The normalized spacial score (nSPS) is 16.3. The molecule has 1 aliphatic carbocycles. The molecule has 2 aromatic rings. The number of aliphatic hydroxyl groups is 1. The lowest BCUT2D eigenvalue weighted by molar-refractivity contribution is 0.219. The highest BCUT2D eigenvalue weighted by Crippen LogP contribution is 2.45. The van der Waals surface area contributed by atoms with Gasteiger partial charge in [-0.3, -0.25) is 0 Å². The van der Waals surface area contributed by atoms with Crippen LogP contribution in [-0.2, 0) is 0 Å². The van der Waals surface area contributed by atoms with Crippen LogP contribution >= 0.6 is 0 Å². The molecule has 0 unspecified atom stereocenters. The van der Waals surface area contributed by atoms with Gasteiger partial charge in [-0.1, -0.05) is 12.1 Å². The van der Waals surface area contributed by atoms with Crippen molar-refractivity contribution in [3.05, 3.63) is 24.3 Å². The Kier molecular flexibility index (Phi) is 2.98. The Balaban J connectivity index is 1.92. The van der Waals surface area contributed by atoms with E-state index in [2.05, 4.69) is 20.6 Å². The van der Waals surface area contributed by atoms with Crippen LogP contribution in [0.3, 0.4) is 0 Å². The third-order valence-electron chi connectivity index (χ3n) is 3.75. The zero-order valence-electron chi connectivity index (χ0n) is 11.0. The zero-order valence-corrected chi connectivity index (χ0v) is 11.0. The number of fused-ring (bicyclic) bond motifs is 1. The van der Waals surface area contributed by atoms with Gasteiger partial charge in [0.2, 0.25) is 5.95 Å². The van der Waals surface area contributed by atoms with E-state index >= 15 is 0 Å². The molecule has 0 radical (unpaired) electrons. The average Bonchev–Trinajstić information content (AvgIpc) is 3.25. The Hall–Kier alpha value is -1.88. The predicted octanol–water partition coefficient (Wildman–Crippen LogP) is 1.86. The molecule has 3 N–H and O–H groups in total. The van der Waals surface area contributed by atoms with Gasteiger partial charge < -0.3 is 15.7 Å². The molecule has 5 heteroatoms. The first kappa shape index (κ1) is 12.2. The Labute approximate surface area is 112 Å². The smallest absolute Gasteiger partial charge is 0.224 e. The topological polar surface area (TPSA) is 70.1 Å². The van der Waals surface area contributed by atoms with E-state index in [1.807, 2.05) is 31.3 Å². The number of rotatable bonds is 5. The lowest BCUT2D eigenvalue weighted by Crippen LogP contribution is -2.20. The molecule has 0 atom stereocenters. The Bertz CT molecular complexity index is 595. The molecule has 1 saturated carbocycles. The molecule has 1 aromatic heterocycles. The van der Waals surface area contributed by atoms with Crippen LogP contribution in [-0.4, -0.2) is 35.3 Å². The van der Waals surface area contributed by atoms with Gasteiger partial charge in [-0.15, -0.1) is 0 Å². The fourth-order valence-electron chi connectivity index (χ4n) is 2.16. The summed E-state index contributed by atoms with van der Waals surface area (Å²) in [5, 5.41) is 16.7. The van der Waals surface area contributed by atoms with Crippen molar-refractivity contribution in [2.24, 2.45) is 5.41 Å². The maximum atomic E-state index is 9.36. The van der Waals surface area contributed by atoms with Crippen molar-refractivity contribution in [1.29, 1.82) is 0 Å². The van der Waals surface area contributed by atoms with Gasteiger partial charge in [0.05, 0.1) is 12.1 Å². The largest absolute Gasteiger partial charge is 0.396 e. The molecular formula is C14H18N4O. The number of nitrogens with zero attached hydrogens (tertiary/aromatic N) is 2. The molecule has 1 heterocycles. The Morgan fingerprint density at radius 3 is 2.74 bits per heavy atom. The molecule has 1 aliphatic rings. The molecule has 0 saturated heterocycles. The summed E-state index contributed by atoms with van der Waals surface area (Å²) in [7, 11) is 1.81. The van der Waals surface area contributed by atoms with Crippen molar-refractivity contribution >= 4 is 22.7 Å². The van der Waals surface area contributed by atoms with E-state index in [0.29, 0.717) is 5.95 Å². The van der Waals surface area contributed by atoms with Crippen LogP contribution in [0.4, 0.5) is 11.8 Å². The van der Waals surface area contributed by atoms with Gasteiger partial charge in [-0.2, -0.15) is 4.98 Å². The first-order chi connectivity index (χ1) is 9.26. The SMILES string of the molecule is CNc1nc(NCC2(CO)CC2)c2ccccc2n1. The molecule has 0 aliphatic heterocycles. The lowest BCUT2D eigenvalue weighted by atomic mass is 10.1. The zero-order chi connectivity index (χ0) is 13.3. The summed E-state index contributed by atoms with van der Waals surface area (Å²) in [5.41, 5.74) is 0.976. The molecular weight excluding hydrogens is 240 g/mol. The molecule has 1 fully saturated rings. The number of anilines is 2. The van der Waals surface area contributed by atoms with Crippen molar-refractivity contribution in [3.63, 3.8) is 0 Å². The number of aliphatic hydroxyl groups excluding tert-OH is 1. The average molecular weight is 258 g/mol. The molecule has 19 heavy (non-hydrogen) atoms. The van der Waals surface area contributed by atoms with Crippen molar-refractivity contribution in [2.75, 3.05) is 30.8 Å². The minimum absolute atomic E-state index is 0.0614. The predicted molar refractivity (Wildman–Crippen MR) is 76.3 cm³/mol. The standard InChI is InChI=1S/C14H18N4O/c1-15-13-17-11-5-3-2-4-10(11)12(18-13)16-8-14(9-19)6-7-14/h2-5,19H,6-9H2,1H3,(H2,15,16,17,18). The summed E-state index contributed by atoms with van der Waals surface area (Å²) in [6, 6.07) is 7.93. The Morgan fingerprint density at radius 1 is 1.26 bits per heavy atom. The molecule has 1 aromatic carbocycles. The van der Waals surface area contributed by atoms with Crippen LogP contribution in [0.15, 0.2) is 24.3 Å². The first-order valence-electron chi connectivity index (χ1n) is 6.56. The second kappa shape index (κ2) is 4.66. The number of hydrogen-bond donors (Lipinski definition) is 3. The van der Waals surface area contributed by atoms with Crippen LogP contribution in [0.2, 0.25) is 0 Å². The van der Waals surface area contributed by atoms with Gasteiger partial charge in [0.1, 0.15) is 5.82 Å². The monoisotopic (exact) mass is 258 g/mol.